The minimum atomic E-state index is 0.731. The second-order valence-corrected chi connectivity index (χ2v) is 8.46. The lowest BCUT2D eigenvalue weighted by Crippen LogP contribution is -2.32. The van der Waals surface area contributed by atoms with Crippen LogP contribution in [0.25, 0.3) is 10.9 Å². The van der Waals surface area contributed by atoms with Crippen molar-refractivity contribution < 1.29 is 0 Å². The maximum absolute atomic E-state index is 4.17. The highest BCUT2D eigenvalue weighted by Crippen LogP contribution is 2.20. The number of hydrogen-bond acceptors (Lipinski definition) is 3. The second kappa shape index (κ2) is 11.9. The largest absolute Gasteiger partial charge is 0.361 e. The van der Waals surface area contributed by atoms with Crippen LogP contribution in [0.5, 0.6) is 0 Å². The molecule has 2 aromatic heterocycles. The molecule has 0 aliphatic heterocycles. The van der Waals surface area contributed by atoms with Crippen LogP contribution in [0.4, 0.5) is 0 Å². The van der Waals surface area contributed by atoms with Crippen molar-refractivity contribution in [1.29, 1.82) is 0 Å². The maximum Gasteiger partial charge on any atom is 0.0457 e. The molecule has 0 bridgehead atoms. The number of nitrogens with zero attached hydrogens (tertiary/aromatic N) is 3. The van der Waals surface area contributed by atoms with Gasteiger partial charge in [-0.05, 0) is 75.1 Å². The van der Waals surface area contributed by atoms with Crippen molar-refractivity contribution in [2.24, 2.45) is 0 Å². The van der Waals surface area contributed by atoms with Crippen LogP contribution in [0.3, 0.4) is 0 Å². The van der Waals surface area contributed by atoms with E-state index in [4.69, 9.17) is 0 Å². The molecular weight excluding hydrogens is 368 g/mol. The van der Waals surface area contributed by atoms with E-state index in [0.717, 1.165) is 25.7 Å². The van der Waals surface area contributed by atoms with Gasteiger partial charge in [-0.2, -0.15) is 0 Å². The third kappa shape index (κ3) is 6.41. The fraction of sp³-hybridized carbons (Fsp3) is 0.500. The number of rotatable bonds is 13. The Labute approximate surface area is 182 Å². The molecule has 0 spiro atoms. The zero-order valence-electron chi connectivity index (χ0n) is 19.0. The van der Waals surface area contributed by atoms with Gasteiger partial charge >= 0.3 is 0 Å². The molecule has 0 saturated carbocycles. The Morgan fingerprint density at radius 2 is 1.73 bits per heavy atom. The van der Waals surface area contributed by atoms with Crippen LogP contribution in [0.2, 0.25) is 0 Å². The van der Waals surface area contributed by atoms with Crippen LogP contribution in [0.1, 0.15) is 57.1 Å². The number of pyridine rings is 1. The predicted octanol–water partition coefficient (Wildman–Crippen LogP) is 5.86. The van der Waals surface area contributed by atoms with Crippen LogP contribution in [0, 0.1) is 0 Å². The number of fused-ring (bicyclic) bond motifs is 1. The molecule has 4 heteroatoms. The van der Waals surface area contributed by atoms with E-state index in [9.17, 15) is 0 Å². The highest BCUT2D eigenvalue weighted by molar-refractivity contribution is 5.82. The van der Waals surface area contributed by atoms with E-state index in [1.165, 1.54) is 60.7 Å². The summed E-state index contributed by atoms with van der Waals surface area (Å²) in [6.45, 7) is 8.84. The van der Waals surface area contributed by atoms with E-state index < -0.39 is 0 Å². The van der Waals surface area contributed by atoms with Gasteiger partial charge in [-0.3, -0.25) is 9.88 Å². The summed E-state index contributed by atoms with van der Waals surface area (Å²) in [6, 6.07) is 13.6. The van der Waals surface area contributed by atoms with E-state index in [0.29, 0.717) is 0 Å². The molecule has 30 heavy (non-hydrogen) atoms. The predicted molar refractivity (Wildman–Crippen MR) is 128 cm³/mol. The number of hydrogen-bond donors (Lipinski definition) is 1. The van der Waals surface area contributed by atoms with Gasteiger partial charge in [0.1, 0.15) is 0 Å². The Hall–Kier alpha value is -2.17. The van der Waals surface area contributed by atoms with Crippen molar-refractivity contribution in [3.05, 3.63) is 66.1 Å². The van der Waals surface area contributed by atoms with Gasteiger partial charge in [0.25, 0.3) is 0 Å². The minimum absolute atomic E-state index is 0.731. The molecule has 0 fully saturated rings. The van der Waals surface area contributed by atoms with Gasteiger partial charge in [0.2, 0.25) is 0 Å². The number of para-hydroxylation sites is 1. The van der Waals surface area contributed by atoms with Crippen LogP contribution in [-0.2, 0) is 13.1 Å². The minimum Gasteiger partial charge on any atom is -0.361 e. The van der Waals surface area contributed by atoms with Crippen molar-refractivity contribution in [3.8, 4) is 0 Å². The Morgan fingerprint density at radius 3 is 2.50 bits per heavy atom. The summed E-state index contributed by atoms with van der Waals surface area (Å²) in [5, 5.41) is 1.34. The Morgan fingerprint density at radius 1 is 0.967 bits per heavy atom. The third-order valence-electron chi connectivity index (χ3n) is 6.18. The Bertz CT molecular complexity index is 858. The first-order valence-corrected chi connectivity index (χ1v) is 11.6. The molecule has 0 aliphatic rings. The van der Waals surface area contributed by atoms with Gasteiger partial charge in [0.15, 0.2) is 0 Å². The standard InChI is InChI=1S/C26H38N4/c1-4-10-24(5-2)29(3)17-8-9-18-30(20-22-13-15-27-16-14-22)21-23-19-28-26-12-7-6-11-25(23)26/h6-7,11-16,19,24,28H,4-5,8-10,17-18,20-21H2,1-3H3. The summed E-state index contributed by atoms with van der Waals surface area (Å²) >= 11 is 0. The first-order valence-electron chi connectivity index (χ1n) is 11.6. The lowest BCUT2D eigenvalue weighted by Gasteiger charge is -2.27. The van der Waals surface area contributed by atoms with E-state index >= 15 is 0 Å². The molecule has 1 unspecified atom stereocenters. The van der Waals surface area contributed by atoms with Crippen LogP contribution in [-0.4, -0.2) is 45.9 Å². The molecule has 1 atom stereocenters. The molecule has 0 radical (unpaired) electrons. The van der Waals surface area contributed by atoms with Gasteiger partial charge < -0.3 is 9.88 Å². The zero-order chi connectivity index (χ0) is 21.2. The zero-order valence-corrected chi connectivity index (χ0v) is 19.0. The monoisotopic (exact) mass is 406 g/mol. The lowest BCUT2D eigenvalue weighted by molar-refractivity contribution is 0.206. The van der Waals surface area contributed by atoms with Crippen LogP contribution < -0.4 is 0 Å². The van der Waals surface area contributed by atoms with E-state index in [1.54, 1.807) is 0 Å². The average Bonchev–Trinajstić information content (AvgIpc) is 3.18. The van der Waals surface area contributed by atoms with Crippen LogP contribution in [0.15, 0.2) is 55.0 Å². The summed E-state index contributed by atoms with van der Waals surface area (Å²) in [6.07, 6.45) is 12.3. The molecule has 0 aliphatic carbocycles. The highest BCUT2D eigenvalue weighted by atomic mass is 15.1. The molecule has 3 rings (SSSR count). The molecule has 0 amide bonds. The number of H-pyrrole nitrogens is 1. The third-order valence-corrected chi connectivity index (χ3v) is 6.18. The van der Waals surface area contributed by atoms with Gasteiger partial charge in [0.05, 0.1) is 0 Å². The van der Waals surface area contributed by atoms with E-state index in [1.807, 2.05) is 12.4 Å². The number of aromatic nitrogens is 2. The Balaban J connectivity index is 1.59. The van der Waals surface area contributed by atoms with Crippen LogP contribution >= 0.6 is 0 Å². The molecule has 2 heterocycles. The maximum atomic E-state index is 4.17. The number of nitrogens with one attached hydrogen (secondary N) is 1. The van der Waals surface area contributed by atoms with Gasteiger partial charge in [-0.15, -0.1) is 0 Å². The van der Waals surface area contributed by atoms with Gasteiger partial charge in [0, 0.05) is 48.6 Å². The average molecular weight is 407 g/mol. The first-order chi connectivity index (χ1) is 14.7. The molecule has 1 N–H and O–H groups in total. The van der Waals surface area contributed by atoms with Crippen molar-refractivity contribution in [2.45, 2.75) is 65.1 Å². The summed E-state index contributed by atoms with van der Waals surface area (Å²) in [7, 11) is 2.30. The summed E-state index contributed by atoms with van der Waals surface area (Å²) in [4.78, 5) is 12.7. The number of benzene rings is 1. The fourth-order valence-corrected chi connectivity index (χ4v) is 4.41. The van der Waals surface area contributed by atoms with Crippen molar-refractivity contribution in [1.82, 2.24) is 19.8 Å². The second-order valence-electron chi connectivity index (χ2n) is 8.46. The van der Waals surface area contributed by atoms with E-state index in [-0.39, 0.29) is 0 Å². The SMILES string of the molecule is CCCC(CC)N(C)CCCCN(Cc1ccncc1)Cc1c[nH]c2ccccc12. The smallest absolute Gasteiger partial charge is 0.0457 e. The summed E-state index contributed by atoms with van der Waals surface area (Å²) < 4.78 is 0. The van der Waals surface area contributed by atoms with Crippen molar-refractivity contribution in [3.63, 3.8) is 0 Å². The van der Waals surface area contributed by atoms with Crippen molar-refractivity contribution >= 4 is 10.9 Å². The number of unbranched alkanes of at least 4 members (excludes halogenated alkanes) is 1. The molecule has 3 aromatic rings. The van der Waals surface area contributed by atoms with Crippen molar-refractivity contribution in [2.75, 3.05) is 20.1 Å². The first kappa shape index (κ1) is 22.5. The molecule has 1 aromatic carbocycles. The molecule has 0 saturated heterocycles. The lowest BCUT2D eigenvalue weighted by atomic mass is 10.1. The van der Waals surface area contributed by atoms with Gasteiger partial charge in [-0.25, -0.2) is 0 Å². The molecule has 4 nitrogen and oxygen atoms in total. The molecular formula is C26H38N4. The Kier molecular flexibility index (Phi) is 8.91. The quantitative estimate of drug-likeness (QED) is 0.361. The molecule has 162 valence electrons. The fourth-order valence-electron chi connectivity index (χ4n) is 4.41. The summed E-state index contributed by atoms with van der Waals surface area (Å²) in [5.74, 6) is 0. The van der Waals surface area contributed by atoms with Gasteiger partial charge in [-0.1, -0.05) is 38.5 Å². The highest BCUT2D eigenvalue weighted by Gasteiger charge is 2.13. The summed E-state index contributed by atoms with van der Waals surface area (Å²) in [5.41, 5.74) is 3.93. The van der Waals surface area contributed by atoms with E-state index in [2.05, 4.69) is 83.3 Å². The normalized spacial score (nSPS) is 12.8. The number of aromatic amines is 1. The topological polar surface area (TPSA) is 35.2 Å².